The van der Waals surface area contributed by atoms with Crippen LogP contribution in [0.15, 0.2) is 65.3 Å². The molecular weight excluding hydrogens is 468 g/mol. The third kappa shape index (κ3) is 4.85. The Kier molecular flexibility index (Phi) is 6.89. The van der Waals surface area contributed by atoms with E-state index in [2.05, 4.69) is 20.8 Å². The van der Waals surface area contributed by atoms with E-state index in [1.54, 1.807) is 12.1 Å². The van der Waals surface area contributed by atoms with Crippen molar-refractivity contribution in [2.45, 2.75) is 5.03 Å². The highest BCUT2D eigenvalue weighted by atomic mass is 35.5. The van der Waals surface area contributed by atoms with E-state index in [-0.39, 0.29) is 17.2 Å². The lowest BCUT2D eigenvalue weighted by Gasteiger charge is -2.11. The predicted octanol–water partition coefficient (Wildman–Crippen LogP) is 4.57. The molecule has 7 nitrogen and oxygen atoms in total. The number of thioether (sulfide) groups is 1. The van der Waals surface area contributed by atoms with Crippen molar-refractivity contribution in [3.63, 3.8) is 0 Å². The molecule has 2 heterocycles. The highest BCUT2D eigenvalue weighted by molar-refractivity contribution is 8.00. The number of nitrogens with one attached hydrogen (secondary N) is 2. The summed E-state index contributed by atoms with van der Waals surface area (Å²) in [4.78, 5) is 34.3. The van der Waals surface area contributed by atoms with Gasteiger partial charge in [-0.2, -0.15) is 0 Å². The smallest absolute Gasteiger partial charge is 0.273 e. The Bertz CT molecular complexity index is 1280. The van der Waals surface area contributed by atoms with Crippen LogP contribution in [0.1, 0.15) is 10.4 Å². The van der Waals surface area contributed by atoms with Crippen LogP contribution in [0.5, 0.6) is 5.75 Å². The number of methoxy groups -OCH3 is 1. The summed E-state index contributed by atoms with van der Waals surface area (Å²) in [7, 11) is 1.45. The van der Waals surface area contributed by atoms with Gasteiger partial charge >= 0.3 is 0 Å². The average Bonchev–Trinajstić information content (AvgIpc) is 3.26. The van der Waals surface area contributed by atoms with Crippen molar-refractivity contribution in [1.29, 1.82) is 0 Å². The quantitative estimate of drug-likeness (QED) is 0.236. The molecule has 10 heteroatoms. The zero-order valence-corrected chi connectivity index (χ0v) is 19.2. The number of amides is 2. The van der Waals surface area contributed by atoms with Crippen molar-refractivity contribution < 1.29 is 14.3 Å². The number of ether oxygens (including phenoxy) is 1. The van der Waals surface area contributed by atoms with Gasteiger partial charge in [0.05, 0.1) is 23.8 Å². The first-order chi connectivity index (χ1) is 15.6. The second-order valence-corrected chi connectivity index (χ2v) is 8.77. The van der Waals surface area contributed by atoms with E-state index in [1.807, 2.05) is 35.7 Å². The highest BCUT2D eigenvalue weighted by Gasteiger charge is 2.16. The third-order valence-electron chi connectivity index (χ3n) is 4.48. The summed E-state index contributed by atoms with van der Waals surface area (Å²) in [6.45, 7) is 0. The molecule has 0 saturated heterocycles. The first-order valence-electron chi connectivity index (χ1n) is 9.40. The molecule has 162 valence electrons. The first kappa shape index (κ1) is 22.1. The van der Waals surface area contributed by atoms with E-state index >= 15 is 0 Å². The molecule has 0 aliphatic heterocycles. The number of hydrogen-bond donors (Lipinski definition) is 2. The first-order valence-corrected chi connectivity index (χ1v) is 11.6. The van der Waals surface area contributed by atoms with E-state index in [0.717, 1.165) is 21.3 Å². The van der Waals surface area contributed by atoms with Crippen molar-refractivity contribution in [2.75, 3.05) is 12.9 Å². The Morgan fingerprint density at radius 2 is 1.94 bits per heavy atom. The Morgan fingerprint density at radius 1 is 1.12 bits per heavy atom. The van der Waals surface area contributed by atoms with Crippen molar-refractivity contribution in [1.82, 2.24) is 20.8 Å². The van der Waals surface area contributed by atoms with Gasteiger partial charge in [0.2, 0.25) is 5.91 Å². The summed E-state index contributed by atoms with van der Waals surface area (Å²) < 4.78 is 5.17. The summed E-state index contributed by atoms with van der Waals surface area (Å²) in [5.74, 6) is -0.503. The van der Waals surface area contributed by atoms with Crippen molar-refractivity contribution >= 4 is 56.7 Å². The Balaban J connectivity index is 1.43. The number of fused-ring (bicyclic) bond motifs is 1. The van der Waals surface area contributed by atoms with Crippen LogP contribution in [-0.4, -0.2) is 34.6 Å². The van der Waals surface area contributed by atoms with Crippen LogP contribution in [-0.2, 0) is 4.79 Å². The molecule has 2 N–H and O–H groups in total. The maximum absolute atomic E-state index is 12.4. The molecule has 0 radical (unpaired) electrons. The largest absolute Gasteiger partial charge is 0.496 e. The number of aromatic nitrogens is 2. The van der Waals surface area contributed by atoms with Gasteiger partial charge in [-0.25, -0.2) is 9.97 Å². The topological polar surface area (TPSA) is 93.2 Å². The molecule has 0 atom stereocenters. The fraction of sp³-hybridized carbons (Fsp3) is 0.0909. The van der Waals surface area contributed by atoms with E-state index in [1.165, 1.54) is 42.6 Å². The summed E-state index contributed by atoms with van der Waals surface area (Å²) in [6.07, 6.45) is 1.49. The van der Waals surface area contributed by atoms with Crippen molar-refractivity contribution in [3.8, 4) is 16.9 Å². The van der Waals surface area contributed by atoms with E-state index in [4.69, 9.17) is 16.3 Å². The molecular formula is C22H17ClN4O3S2. The van der Waals surface area contributed by atoms with Gasteiger partial charge in [-0.05, 0) is 23.8 Å². The number of nitrogens with zero attached hydrogens (tertiary/aromatic N) is 2. The van der Waals surface area contributed by atoms with Gasteiger partial charge in [0.25, 0.3) is 5.91 Å². The lowest BCUT2D eigenvalue weighted by atomic mass is 10.1. The maximum Gasteiger partial charge on any atom is 0.273 e. The van der Waals surface area contributed by atoms with Gasteiger partial charge in [0.1, 0.15) is 21.9 Å². The van der Waals surface area contributed by atoms with Gasteiger partial charge in [0.15, 0.2) is 0 Å². The molecule has 0 bridgehead atoms. The van der Waals surface area contributed by atoms with E-state index < -0.39 is 5.91 Å². The Labute approximate surface area is 197 Å². The fourth-order valence-electron chi connectivity index (χ4n) is 3.01. The second kappa shape index (κ2) is 9.99. The molecule has 4 aromatic rings. The summed E-state index contributed by atoms with van der Waals surface area (Å²) >= 11 is 8.76. The lowest BCUT2D eigenvalue weighted by molar-refractivity contribution is -0.119. The number of carbonyl (C=O) groups excluding carboxylic acids is 2. The standard InChI is InChI=1S/C22H17ClN4O3S2/c1-30-17-8-7-14(23)9-15(17)20(29)27-26-18(28)11-32-22-19-16(13-5-3-2-4-6-13)10-31-21(19)24-12-25-22/h2-10,12H,11H2,1H3,(H,26,28)(H,27,29). The monoisotopic (exact) mass is 484 g/mol. The number of thiophene rings is 1. The maximum atomic E-state index is 12.4. The number of hydrazine groups is 1. The molecule has 0 aliphatic rings. The molecule has 0 unspecified atom stereocenters. The summed E-state index contributed by atoms with van der Waals surface area (Å²) in [5.41, 5.74) is 7.10. The molecule has 2 aromatic carbocycles. The van der Waals surface area contributed by atoms with Gasteiger partial charge in [-0.1, -0.05) is 53.7 Å². The van der Waals surface area contributed by atoms with Gasteiger partial charge in [-0.3, -0.25) is 20.4 Å². The molecule has 0 spiro atoms. The summed E-state index contributed by atoms with van der Waals surface area (Å²) in [5, 5.41) is 4.04. The minimum atomic E-state index is -0.531. The van der Waals surface area contributed by atoms with Crippen LogP contribution >= 0.6 is 34.7 Å². The van der Waals surface area contributed by atoms with E-state index in [0.29, 0.717) is 15.8 Å². The van der Waals surface area contributed by atoms with Crippen LogP contribution in [0.25, 0.3) is 21.3 Å². The number of halogens is 1. The van der Waals surface area contributed by atoms with Crippen LogP contribution in [0.2, 0.25) is 5.02 Å². The number of hydrogen-bond acceptors (Lipinski definition) is 7. The minimum Gasteiger partial charge on any atom is -0.496 e. The van der Waals surface area contributed by atoms with Crippen molar-refractivity contribution in [3.05, 3.63) is 70.8 Å². The molecule has 0 fully saturated rings. The molecule has 32 heavy (non-hydrogen) atoms. The van der Waals surface area contributed by atoms with Crippen LogP contribution in [0, 0.1) is 0 Å². The zero-order chi connectivity index (χ0) is 22.5. The second-order valence-electron chi connectivity index (χ2n) is 6.51. The van der Waals surface area contributed by atoms with Gasteiger partial charge in [-0.15, -0.1) is 11.3 Å². The Hall–Kier alpha value is -3.14. The van der Waals surface area contributed by atoms with Gasteiger partial charge in [0, 0.05) is 16.0 Å². The molecule has 0 aliphatic carbocycles. The molecule has 0 saturated carbocycles. The average molecular weight is 485 g/mol. The molecule has 4 rings (SSSR count). The van der Waals surface area contributed by atoms with Crippen molar-refractivity contribution in [2.24, 2.45) is 0 Å². The molecule has 2 aromatic heterocycles. The molecule has 2 amide bonds. The normalized spacial score (nSPS) is 10.7. The van der Waals surface area contributed by atoms with Crippen LogP contribution in [0.4, 0.5) is 0 Å². The predicted molar refractivity (Wildman–Crippen MR) is 127 cm³/mol. The van der Waals surface area contributed by atoms with E-state index in [9.17, 15) is 9.59 Å². The van der Waals surface area contributed by atoms with Crippen LogP contribution < -0.4 is 15.6 Å². The summed E-state index contributed by atoms with van der Waals surface area (Å²) in [6, 6.07) is 14.6. The SMILES string of the molecule is COc1ccc(Cl)cc1C(=O)NNC(=O)CSc1ncnc2scc(-c3ccccc3)c12. The number of rotatable bonds is 6. The highest BCUT2D eigenvalue weighted by Crippen LogP contribution is 2.37. The van der Waals surface area contributed by atoms with Crippen LogP contribution in [0.3, 0.4) is 0 Å². The lowest BCUT2D eigenvalue weighted by Crippen LogP contribution is -2.42. The zero-order valence-electron chi connectivity index (χ0n) is 16.8. The number of carbonyl (C=O) groups is 2. The third-order valence-corrected chi connectivity index (χ3v) is 6.59. The minimum absolute atomic E-state index is 0.0587. The fourth-order valence-corrected chi connectivity index (χ4v) is 4.97. The Morgan fingerprint density at radius 3 is 2.72 bits per heavy atom. The van der Waals surface area contributed by atoms with Gasteiger partial charge < -0.3 is 4.74 Å². The number of benzene rings is 2.